The van der Waals surface area contributed by atoms with Gasteiger partial charge in [-0.15, -0.1) is 0 Å². The van der Waals surface area contributed by atoms with Gasteiger partial charge in [0.15, 0.2) is 6.10 Å². The van der Waals surface area contributed by atoms with Gasteiger partial charge in [-0.2, -0.15) is 0 Å². The number of benzene rings is 1. The molecule has 0 saturated heterocycles. The van der Waals surface area contributed by atoms with E-state index in [9.17, 15) is 19.8 Å². The molecule has 2 atom stereocenters. The summed E-state index contributed by atoms with van der Waals surface area (Å²) < 4.78 is 4.62. The summed E-state index contributed by atoms with van der Waals surface area (Å²) in [4.78, 5) is 21.9. The van der Waals surface area contributed by atoms with E-state index < -0.39 is 24.1 Å². The zero-order chi connectivity index (χ0) is 15.1. The number of esters is 1. The lowest BCUT2D eigenvalue weighted by Gasteiger charge is -2.18. The first-order chi connectivity index (χ1) is 9.47. The van der Waals surface area contributed by atoms with Gasteiger partial charge in [-0.25, -0.2) is 9.59 Å². The molecule has 2 unspecified atom stereocenters. The fourth-order valence-electron chi connectivity index (χ4n) is 1.62. The topological polar surface area (TPSA) is 104 Å². The molecule has 0 amide bonds. The van der Waals surface area contributed by atoms with Crippen LogP contribution in [0.1, 0.15) is 24.2 Å². The summed E-state index contributed by atoms with van der Waals surface area (Å²) in [5, 5.41) is 28.3. The number of carboxylic acids is 1. The number of ether oxygens (including phenoxy) is 1. The maximum Gasteiger partial charge on any atom is 0.338 e. The van der Waals surface area contributed by atoms with Crippen LogP contribution in [0.4, 0.5) is 0 Å². The number of aliphatic hydroxyl groups is 2. The SMILES string of the molecule is CCOC(=O)C(O)C(O)c1ccccc1/C=C/C(=O)O. The zero-order valence-corrected chi connectivity index (χ0v) is 10.9. The van der Waals surface area contributed by atoms with Gasteiger partial charge in [0, 0.05) is 6.08 Å². The van der Waals surface area contributed by atoms with Crippen LogP contribution in [-0.4, -0.2) is 40.0 Å². The molecule has 0 radical (unpaired) electrons. The van der Waals surface area contributed by atoms with Crippen molar-refractivity contribution in [2.75, 3.05) is 6.61 Å². The largest absolute Gasteiger partial charge is 0.478 e. The van der Waals surface area contributed by atoms with E-state index in [1.54, 1.807) is 25.1 Å². The molecule has 0 fully saturated rings. The van der Waals surface area contributed by atoms with Crippen LogP contribution in [0.15, 0.2) is 30.3 Å². The number of rotatable bonds is 6. The lowest BCUT2D eigenvalue weighted by atomic mass is 9.98. The fraction of sp³-hybridized carbons (Fsp3) is 0.286. The highest BCUT2D eigenvalue weighted by atomic mass is 16.5. The summed E-state index contributed by atoms with van der Waals surface area (Å²) in [6.07, 6.45) is -1.04. The molecule has 6 nitrogen and oxygen atoms in total. The fourth-order valence-corrected chi connectivity index (χ4v) is 1.62. The van der Waals surface area contributed by atoms with E-state index in [0.29, 0.717) is 5.56 Å². The van der Waals surface area contributed by atoms with E-state index in [4.69, 9.17) is 5.11 Å². The lowest BCUT2D eigenvalue weighted by Crippen LogP contribution is -2.30. The van der Waals surface area contributed by atoms with Crippen molar-refractivity contribution in [3.05, 3.63) is 41.5 Å². The number of hydrogen-bond donors (Lipinski definition) is 3. The summed E-state index contributed by atoms with van der Waals surface area (Å²) in [6, 6.07) is 6.31. The van der Waals surface area contributed by atoms with Crippen molar-refractivity contribution in [1.29, 1.82) is 0 Å². The van der Waals surface area contributed by atoms with Crippen molar-refractivity contribution in [3.8, 4) is 0 Å². The molecule has 0 aromatic heterocycles. The summed E-state index contributed by atoms with van der Waals surface area (Å²) in [5.74, 6) is -2.07. The molecule has 108 valence electrons. The summed E-state index contributed by atoms with van der Waals surface area (Å²) in [7, 11) is 0. The van der Waals surface area contributed by atoms with Gasteiger partial charge in [-0.3, -0.25) is 0 Å². The number of hydrogen-bond acceptors (Lipinski definition) is 5. The van der Waals surface area contributed by atoms with Crippen molar-refractivity contribution in [2.45, 2.75) is 19.1 Å². The number of carboxylic acid groups (broad SMARTS) is 1. The first-order valence-corrected chi connectivity index (χ1v) is 6.00. The Kier molecular flexibility index (Phi) is 5.89. The zero-order valence-electron chi connectivity index (χ0n) is 10.9. The van der Waals surface area contributed by atoms with Gasteiger partial charge < -0.3 is 20.1 Å². The van der Waals surface area contributed by atoms with Gasteiger partial charge in [-0.05, 0) is 24.1 Å². The van der Waals surface area contributed by atoms with E-state index in [0.717, 1.165) is 6.08 Å². The standard InChI is InChI=1S/C14H16O6/c1-2-20-14(19)13(18)12(17)10-6-4-3-5-9(10)7-8-11(15)16/h3-8,12-13,17-18H,2H2,1H3,(H,15,16)/b8-7+. The molecule has 20 heavy (non-hydrogen) atoms. The third-order valence-electron chi connectivity index (χ3n) is 2.55. The second-order valence-electron chi connectivity index (χ2n) is 3.94. The number of carbonyl (C=O) groups excluding carboxylic acids is 1. The molecule has 3 N–H and O–H groups in total. The van der Waals surface area contributed by atoms with Crippen LogP contribution in [0, 0.1) is 0 Å². The molecule has 6 heteroatoms. The van der Waals surface area contributed by atoms with E-state index >= 15 is 0 Å². The Morgan fingerprint density at radius 2 is 1.95 bits per heavy atom. The Bertz CT molecular complexity index is 508. The molecule has 0 aliphatic carbocycles. The summed E-state index contributed by atoms with van der Waals surface area (Å²) in [5.41, 5.74) is 0.635. The minimum atomic E-state index is -1.73. The minimum Gasteiger partial charge on any atom is -0.478 e. The number of aliphatic carboxylic acids is 1. The molecule has 0 saturated carbocycles. The average Bonchev–Trinajstić information content (AvgIpc) is 2.44. The predicted molar refractivity (Wildman–Crippen MR) is 70.7 cm³/mol. The third kappa shape index (κ3) is 4.18. The van der Waals surface area contributed by atoms with Crippen LogP contribution in [0.25, 0.3) is 6.08 Å². The van der Waals surface area contributed by atoms with Crippen LogP contribution >= 0.6 is 0 Å². The molecule has 1 aromatic carbocycles. The average molecular weight is 280 g/mol. The molecule has 1 rings (SSSR count). The maximum atomic E-state index is 11.4. The van der Waals surface area contributed by atoms with Crippen LogP contribution in [0.5, 0.6) is 0 Å². The second-order valence-corrected chi connectivity index (χ2v) is 3.94. The van der Waals surface area contributed by atoms with Gasteiger partial charge in [0.05, 0.1) is 6.61 Å². The van der Waals surface area contributed by atoms with Crippen molar-refractivity contribution in [3.63, 3.8) is 0 Å². The van der Waals surface area contributed by atoms with Crippen LogP contribution < -0.4 is 0 Å². The Morgan fingerprint density at radius 3 is 2.55 bits per heavy atom. The van der Waals surface area contributed by atoms with Crippen LogP contribution in [-0.2, 0) is 14.3 Å². The van der Waals surface area contributed by atoms with Gasteiger partial charge in [0.1, 0.15) is 6.10 Å². The predicted octanol–water partition coefficient (Wildman–Crippen LogP) is 0.742. The Hall–Kier alpha value is -2.18. The van der Waals surface area contributed by atoms with Crippen LogP contribution in [0.2, 0.25) is 0 Å². The molecule has 1 aromatic rings. The first kappa shape index (κ1) is 15.9. The maximum absolute atomic E-state index is 11.4. The van der Waals surface area contributed by atoms with Crippen molar-refractivity contribution in [1.82, 2.24) is 0 Å². The number of aliphatic hydroxyl groups excluding tert-OH is 2. The van der Waals surface area contributed by atoms with Gasteiger partial charge >= 0.3 is 11.9 Å². The molecule has 0 aliphatic heterocycles. The molecule has 0 aliphatic rings. The quantitative estimate of drug-likeness (QED) is 0.524. The van der Waals surface area contributed by atoms with E-state index in [1.807, 2.05) is 0 Å². The normalized spacial score (nSPS) is 13.9. The highest BCUT2D eigenvalue weighted by molar-refractivity contribution is 5.85. The lowest BCUT2D eigenvalue weighted by molar-refractivity contribution is -0.159. The van der Waals surface area contributed by atoms with Crippen LogP contribution in [0.3, 0.4) is 0 Å². The summed E-state index contributed by atoms with van der Waals surface area (Å²) >= 11 is 0. The van der Waals surface area contributed by atoms with Gasteiger partial charge in [0.25, 0.3) is 0 Å². The van der Waals surface area contributed by atoms with Crippen molar-refractivity contribution < 1.29 is 29.6 Å². The van der Waals surface area contributed by atoms with Gasteiger partial charge in [-0.1, -0.05) is 24.3 Å². The Balaban J connectivity index is 3.00. The van der Waals surface area contributed by atoms with E-state index in [1.165, 1.54) is 12.1 Å². The van der Waals surface area contributed by atoms with Crippen molar-refractivity contribution in [2.24, 2.45) is 0 Å². The van der Waals surface area contributed by atoms with Gasteiger partial charge in [0.2, 0.25) is 0 Å². The number of carbonyl (C=O) groups is 2. The Morgan fingerprint density at radius 1 is 1.30 bits per heavy atom. The molecular formula is C14H16O6. The monoisotopic (exact) mass is 280 g/mol. The molecule has 0 heterocycles. The minimum absolute atomic E-state index is 0.0865. The van der Waals surface area contributed by atoms with Crippen molar-refractivity contribution >= 4 is 18.0 Å². The third-order valence-corrected chi connectivity index (χ3v) is 2.55. The summed E-state index contributed by atoms with van der Waals surface area (Å²) in [6.45, 7) is 1.67. The molecule has 0 spiro atoms. The molecule has 0 bridgehead atoms. The molecular weight excluding hydrogens is 264 g/mol. The highest BCUT2D eigenvalue weighted by Crippen LogP contribution is 2.23. The van der Waals surface area contributed by atoms with E-state index in [2.05, 4.69) is 4.74 Å². The highest BCUT2D eigenvalue weighted by Gasteiger charge is 2.28. The smallest absolute Gasteiger partial charge is 0.338 e. The second kappa shape index (κ2) is 7.42. The Labute approximate surface area is 115 Å². The van der Waals surface area contributed by atoms with E-state index in [-0.39, 0.29) is 12.2 Å². The first-order valence-electron chi connectivity index (χ1n) is 6.00.